The van der Waals surface area contributed by atoms with Gasteiger partial charge in [0, 0.05) is 24.4 Å². The molecule has 1 aliphatic heterocycles. The summed E-state index contributed by atoms with van der Waals surface area (Å²) in [6, 6.07) is 0.561. The fraction of sp³-hybridized carbons (Fsp3) is 0.818. The zero-order valence-corrected chi connectivity index (χ0v) is 10.6. The maximum absolute atomic E-state index is 4.10. The van der Waals surface area contributed by atoms with Crippen LogP contribution >= 0.6 is 11.8 Å². The molecular formula is C11H20N4S. The number of aromatic nitrogens is 3. The van der Waals surface area contributed by atoms with Crippen LogP contribution in [0, 0.1) is 0 Å². The number of nitrogens with zero attached hydrogens (tertiary/aromatic N) is 3. The number of thioether (sulfide) groups is 1. The van der Waals surface area contributed by atoms with E-state index in [2.05, 4.69) is 34.1 Å². The first-order valence-corrected chi connectivity index (χ1v) is 7.07. The molecule has 2 unspecified atom stereocenters. The summed E-state index contributed by atoms with van der Waals surface area (Å²) in [5, 5.41) is 8.55. The highest BCUT2D eigenvalue weighted by atomic mass is 32.2. The Morgan fingerprint density at radius 1 is 1.62 bits per heavy atom. The molecule has 1 saturated heterocycles. The lowest BCUT2D eigenvalue weighted by atomic mass is 10.2. The van der Waals surface area contributed by atoms with Crippen molar-refractivity contribution >= 4 is 11.8 Å². The summed E-state index contributed by atoms with van der Waals surface area (Å²) in [6.45, 7) is 4.35. The zero-order chi connectivity index (χ0) is 11.2. The van der Waals surface area contributed by atoms with Gasteiger partial charge in [0.25, 0.3) is 0 Å². The number of rotatable bonds is 6. The Balaban J connectivity index is 1.58. The number of nitrogens with one attached hydrogen (secondary N) is 1. The lowest BCUT2D eigenvalue weighted by Gasteiger charge is -2.16. The summed E-state index contributed by atoms with van der Waals surface area (Å²) in [5.74, 6) is 1.35. The van der Waals surface area contributed by atoms with Crippen LogP contribution in [0.5, 0.6) is 0 Å². The van der Waals surface area contributed by atoms with Crippen LogP contribution in [-0.2, 0) is 6.54 Å². The van der Waals surface area contributed by atoms with Crippen molar-refractivity contribution in [1.29, 1.82) is 0 Å². The van der Waals surface area contributed by atoms with Crippen LogP contribution in [0.3, 0.4) is 0 Å². The van der Waals surface area contributed by atoms with Crippen LogP contribution in [0.2, 0.25) is 0 Å². The van der Waals surface area contributed by atoms with Crippen LogP contribution in [0.15, 0.2) is 12.7 Å². The molecule has 5 heteroatoms. The molecule has 0 bridgehead atoms. The van der Waals surface area contributed by atoms with Crippen molar-refractivity contribution in [2.75, 3.05) is 12.3 Å². The first-order chi connectivity index (χ1) is 7.84. The van der Waals surface area contributed by atoms with Crippen molar-refractivity contribution in [3.05, 3.63) is 12.7 Å². The van der Waals surface area contributed by atoms with Gasteiger partial charge in [-0.1, -0.05) is 0 Å². The van der Waals surface area contributed by atoms with Crippen molar-refractivity contribution in [1.82, 2.24) is 20.1 Å². The SMILES string of the molecule is CC(CCn1cncn1)NCC1CCCS1. The molecule has 16 heavy (non-hydrogen) atoms. The molecule has 2 atom stereocenters. The molecule has 0 radical (unpaired) electrons. The number of hydrogen-bond acceptors (Lipinski definition) is 4. The summed E-state index contributed by atoms with van der Waals surface area (Å²) in [7, 11) is 0. The Kier molecular flexibility index (Phi) is 4.66. The molecule has 2 rings (SSSR count). The molecule has 0 amide bonds. The van der Waals surface area contributed by atoms with Gasteiger partial charge in [-0.3, -0.25) is 4.68 Å². The third-order valence-electron chi connectivity index (χ3n) is 2.98. The average Bonchev–Trinajstić information content (AvgIpc) is 2.96. The summed E-state index contributed by atoms with van der Waals surface area (Å²) in [6.07, 6.45) is 7.26. The Labute approximate surface area is 101 Å². The molecule has 0 saturated carbocycles. The van der Waals surface area contributed by atoms with Gasteiger partial charge in [0.15, 0.2) is 0 Å². The smallest absolute Gasteiger partial charge is 0.137 e. The van der Waals surface area contributed by atoms with Gasteiger partial charge in [-0.05, 0) is 31.9 Å². The second-order valence-corrected chi connectivity index (χ2v) is 5.80. The molecule has 2 heterocycles. The molecule has 4 nitrogen and oxygen atoms in total. The molecule has 1 aromatic heterocycles. The summed E-state index contributed by atoms with van der Waals surface area (Å²) >= 11 is 2.11. The van der Waals surface area contributed by atoms with E-state index in [-0.39, 0.29) is 0 Å². The van der Waals surface area contributed by atoms with E-state index in [4.69, 9.17) is 0 Å². The van der Waals surface area contributed by atoms with Gasteiger partial charge < -0.3 is 5.32 Å². The Morgan fingerprint density at radius 2 is 2.56 bits per heavy atom. The molecule has 1 aromatic rings. The van der Waals surface area contributed by atoms with Crippen LogP contribution in [0.25, 0.3) is 0 Å². The van der Waals surface area contributed by atoms with Gasteiger partial charge >= 0.3 is 0 Å². The van der Waals surface area contributed by atoms with Gasteiger partial charge in [0.1, 0.15) is 12.7 Å². The highest BCUT2D eigenvalue weighted by Crippen LogP contribution is 2.25. The maximum Gasteiger partial charge on any atom is 0.137 e. The van der Waals surface area contributed by atoms with E-state index in [0.29, 0.717) is 6.04 Å². The summed E-state index contributed by atoms with van der Waals surface area (Å²) in [4.78, 5) is 3.94. The topological polar surface area (TPSA) is 42.7 Å². The highest BCUT2D eigenvalue weighted by Gasteiger charge is 2.15. The van der Waals surface area contributed by atoms with E-state index in [1.807, 2.05) is 4.68 Å². The summed E-state index contributed by atoms with van der Waals surface area (Å²) < 4.78 is 1.89. The molecule has 90 valence electrons. The fourth-order valence-corrected chi connectivity index (χ4v) is 3.13. The number of aryl methyl sites for hydroxylation is 1. The minimum atomic E-state index is 0.561. The first kappa shape index (κ1) is 11.9. The van der Waals surface area contributed by atoms with Crippen molar-refractivity contribution in [3.8, 4) is 0 Å². The quantitative estimate of drug-likeness (QED) is 0.819. The molecule has 0 aromatic carbocycles. The van der Waals surface area contributed by atoms with E-state index < -0.39 is 0 Å². The van der Waals surface area contributed by atoms with E-state index in [1.54, 1.807) is 12.7 Å². The van der Waals surface area contributed by atoms with Crippen LogP contribution in [0.1, 0.15) is 26.2 Å². The van der Waals surface area contributed by atoms with Crippen LogP contribution in [-0.4, -0.2) is 38.4 Å². The van der Waals surface area contributed by atoms with Crippen molar-refractivity contribution in [2.24, 2.45) is 0 Å². The Hall–Kier alpha value is -0.550. The van der Waals surface area contributed by atoms with Crippen LogP contribution in [0.4, 0.5) is 0 Å². The van der Waals surface area contributed by atoms with Crippen LogP contribution < -0.4 is 5.32 Å². The lowest BCUT2D eigenvalue weighted by Crippen LogP contribution is -2.32. The average molecular weight is 240 g/mol. The third-order valence-corrected chi connectivity index (χ3v) is 4.37. The number of hydrogen-bond donors (Lipinski definition) is 1. The monoisotopic (exact) mass is 240 g/mol. The molecule has 1 fully saturated rings. The third kappa shape index (κ3) is 3.79. The van der Waals surface area contributed by atoms with Gasteiger partial charge in [0.05, 0.1) is 0 Å². The fourth-order valence-electron chi connectivity index (χ4n) is 1.91. The molecule has 0 aliphatic carbocycles. The molecule has 0 spiro atoms. The van der Waals surface area contributed by atoms with E-state index in [9.17, 15) is 0 Å². The van der Waals surface area contributed by atoms with Crippen molar-refractivity contribution in [2.45, 2.75) is 44.0 Å². The van der Waals surface area contributed by atoms with Crippen molar-refractivity contribution in [3.63, 3.8) is 0 Å². The predicted molar refractivity (Wildman–Crippen MR) is 67.6 cm³/mol. The maximum atomic E-state index is 4.10. The molecule has 1 N–H and O–H groups in total. The Bertz CT molecular complexity index is 282. The largest absolute Gasteiger partial charge is 0.313 e. The second-order valence-electron chi connectivity index (χ2n) is 4.39. The first-order valence-electron chi connectivity index (χ1n) is 6.02. The van der Waals surface area contributed by atoms with Gasteiger partial charge in [-0.25, -0.2) is 4.98 Å². The molecule has 1 aliphatic rings. The minimum absolute atomic E-state index is 0.561. The summed E-state index contributed by atoms with van der Waals surface area (Å²) in [5.41, 5.74) is 0. The molecular weight excluding hydrogens is 220 g/mol. The standard InChI is InChI=1S/C11H20N4S/c1-10(4-5-15-9-12-8-14-15)13-7-11-3-2-6-16-11/h8-11,13H,2-7H2,1H3. The zero-order valence-electron chi connectivity index (χ0n) is 9.80. The highest BCUT2D eigenvalue weighted by molar-refractivity contribution is 8.00. The van der Waals surface area contributed by atoms with Gasteiger partial charge in [0.2, 0.25) is 0 Å². The van der Waals surface area contributed by atoms with Crippen molar-refractivity contribution < 1.29 is 0 Å². The lowest BCUT2D eigenvalue weighted by molar-refractivity contribution is 0.456. The second kappa shape index (κ2) is 6.25. The Morgan fingerprint density at radius 3 is 3.25 bits per heavy atom. The van der Waals surface area contributed by atoms with E-state index >= 15 is 0 Å². The predicted octanol–water partition coefficient (Wildman–Crippen LogP) is 1.54. The van der Waals surface area contributed by atoms with Gasteiger partial charge in [-0.2, -0.15) is 16.9 Å². The normalized spacial score (nSPS) is 22.4. The van der Waals surface area contributed by atoms with E-state index in [0.717, 1.165) is 24.8 Å². The van der Waals surface area contributed by atoms with E-state index in [1.165, 1.54) is 18.6 Å². The van der Waals surface area contributed by atoms with Gasteiger partial charge in [-0.15, -0.1) is 0 Å². The minimum Gasteiger partial charge on any atom is -0.313 e.